The highest BCUT2D eigenvalue weighted by Crippen LogP contribution is 2.18. The van der Waals surface area contributed by atoms with Gasteiger partial charge in [-0.15, -0.1) is 0 Å². The third-order valence-corrected chi connectivity index (χ3v) is 3.54. The van der Waals surface area contributed by atoms with E-state index in [0.717, 1.165) is 5.56 Å². The quantitative estimate of drug-likeness (QED) is 0.583. The average molecular weight is 357 g/mol. The molecule has 8 heteroatoms. The third kappa shape index (κ3) is 5.90. The molecule has 1 atom stereocenters. The normalized spacial score (nSPS) is 11.3. The molecule has 1 unspecified atom stereocenters. The van der Waals surface area contributed by atoms with Gasteiger partial charge < -0.3 is 4.74 Å². The summed E-state index contributed by atoms with van der Waals surface area (Å²) in [6.07, 6.45) is -0.0786. The van der Waals surface area contributed by atoms with E-state index in [1.165, 1.54) is 31.2 Å². The fraction of sp³-hybridized carbons (Fsp3) is 0.222. The van der Waals surface area contributed by atoms with E-state index < -0.39 is 16.9 Å². The van der Waals surface area contributed by atoms with E-state index in [-0.39, 0.29) is 18.0 Å². The van der Waals surface area contributed by atoms with Gasteiger partial charge in [0.1, 0.15) is 5.75 Å². The minimum absolute atomic E-state index is 0.0693. The number of ether oxygens (including phenoxy) is 1. The minimum atomic E-state index is -0.883. The molecule has 0 bridgehead atoms. The Labute approximate surface area is 150 Å². The molecule has 0 aliphatic rings. The molecule has 0 fully saturated rings. The number of aryl methyl sites for hydroxylation is 1. The molecule has 0 aromatic heterocycles. The molecule has 2 rings (SSSR count). The van der Waals surface area contributed by atoms with Crippen LogP contribution in [0.4, 0.5) is 5.69 Å². The van der Waals surface area contributed by atoms with Crippen LogP contribution in [0.25, 0.3) is 0 Å². The second kappa shape index (κ2) is 9.16. The number of hydrogen-bond donors (Lipinski definition) is 2. The molecular weight excluding hydrogens is 338 g/mol. The van der Waals surface area contributed by atoms with Crippen LogP contribution in [-0.2, 0) is 16.0 Å². The van der Waals surface area contributed by atoms with E-state index >= 15 is 0 Å². The van der Waals surface area contributed by atoms with Crippen molar-refractivity contribution in [2.45, 2.75) is 25.9 Å². The summed E-state index contributed by atoms with van der Waals surface area (Å²) in [6, 6.07) is 14.9. The maximum absolute atomic E-state index is 11.9. The predicted molar refractivity (Wildman–Crippen MR) is 94.2 cm³/mol. The van der Waals surface area contributed by atoms with Gasteiger partial charge in [-0.05, 0) is 31.0 Å². The van der Waals surface area contributed by atoms with Crippen molar-refractivity contribution in [2.24, 2.45) is 0 Å². The number of carbonyl (C=O) groups excluding carboxylic acids is 2. The van der Waals surface area contributed by atoms with Gasteiger partial charge in [-0.25, -0.2) is 0 Å². The molecule has 0 heterocycles. The number of hydrazine groups is 1. The van der Waals surface area contributed by atoms with Gasteiger partial charge in [0.05, 0.1) is 4.92 Å². The van der Waals surface area contributed by atoms with Crippen molar-refractivity contribution < 1.29 is 19.2 Å². The minimum Gasteiger partial charge on any atom is -0.481 e. The lowest BCUT2D eigenvalue weighted by atomic mass is 10.1. The van der Waals surface area contributed by atoms with Gasteiger partial charge in [-0.3, -0.25) is 30.6 Å². The summed E-state index contributed by atoms with van der Waals surface area (Å²) >= 11 is 0. The standard InChI is InChI=1S/C18H19N3O5/c1-13(26-16-10-8-15(9-11-16)21(24)25)18(23)20-19-17(22)12-7-14-5-3-2-4-6-14/h2-6,8-11,13H,7,12H2,1H3,(H,19,22)(H,20,23). The second-order valence-corrected chi connectivity index (χ2v) is 5.53. The first-order chi connectivity index (χ1) is 12.5. The van der Waals surface area contributed by atoms with Gasteiger partial charge in [0.2, 0.25) is 5.91 Å². The molecule has 2 N–H and O–H groups in total. The zero-order valence-corrected chi connectivity index (χ0v) is 14.2. The van der Waals surface area contributed by atoms with Crippen LogP contribution in [0, 0.1) is 10.1 Å². The number of benzene rings is 2. The number of carbonyl (C=O) groups is 2. The molecule has 0 saturated carbocycles. The average Bonchev–Trinajstić information content (AvgIpc) is 2.65. The van der Waals surface area contributed by atoms with E-state index in [4.69, 9.17) is 4.74 Å². The van der Waals surface area contributed by atoms with Crippen LogP contribution < -0.4 is 15.6 Å². The Bertz CT molecular complexity index is 762. The van der Waals surface area contributed by atoms with Crippen LogP contribution >= 0.6 is 0 Å². The van der Waals surface area contributed by atoms with E-state index in [9.17, 15) is 19.7 Å². The van der Waals surface area contributed by atoms with Crippen molar-refractivity contribution in [1.29, 1.82) is 0 Å². The fourth-order valence-corrected chi connectivity index (χ4v) is 2.10. The van der Waals surface area contributed by atoms with Crippen molar-refractivity contribution in [3.8, 4) is 5.75 Å². The Morgan fingerprint density at radius 3 is 2.35 bits per heavy atom. The Hall–Kier alpha value is -3.42. The molecular formula is C18H19N3O5. The summed E-state index contributed by atoms with van der Waals surface area (Å²) in [5, 5.41) is 10.6. The molecule has 2 aromatic carbocycles. The molecule has 0 aliphatic carbocycles. The number of rotatable bonds is 7. The molecule has 0 aliphatic heterocycles. The van der Waals surface area contributed by atoms with E-state index in [2.05, 4.69) is 10.9 Å². The zero-order chi connectivity index (χ0) is 18.9. The van der Waals surface area contributed by atoms with Crippen molar-refractivity contribution >= 4 is 17.5 Å². The number of amides is 2. The number of nitro groups is 1. The summed E-state index contributed by atoms with van der Waals surface area (Å²) in [5.74, 6) is -0.533. The van der Waals surface area contributed by atoms with Crippen molar-refractivity contribution in [1.82, 2.24) is 10.9 Å². The zero-order valence-electron chi connectivity index (χ0n) is 14.2. The van der Waals surface area contributed by atoms with Crippen molar-refractivity contribution in [3.05, 3.63) is 70.3 Å². The number of nitro benzene ring substituents is 1. The number of non-ortho nitro benzene ring substituents is 1. The number of nitrogens with zero attached hydrogens (tertiary/aromatic N) is 1. The first-order valence-corrected chi connectivity index (χ1v) is 7.99. The summed E-state index contributed by atoms with van der Waals surface area (Å²) in [4.78, 5) is 33.8. The van der Waals surface area contributed by atoms with Gasteiger partial charge in [0, 0.05) is 18.6 Å². The third-order valence-electron chi connectivity index (χ3n) is 3.54. The van der Waals surface area contributed by atoms with Gasteiger partial charge >= 0.3 is 0 Å². The van der Waals surface area contributed by atoms with E-state index in [0.29, 0.717) is 12.2 Å². The Kier molecular flexibility index (Phi) is 6.67. The summed E-state index contributed by atoms with van der Waals surface area (Å²) in [6.45, 7) is 1.51. The van der Waals surface area contributed by atoms with Crippen LogP contribution in [0.3, 0.4) is 0 Å². The summed E-state index contributed by atoms with van der Waals surface area (Å²) < 4.78 is 5.39. The van der Waals surface area contributed by atoms with Crippen LogP contribution in [0.1, 0.15) is 18.9 Å². The maximum Gasteiger partial charge on any atom is 0.279 e. The molecule has 2 aromatic rings. The molecule has 0 saturated heterocycles. The maximum atomic E-state index is 11.9. The summed E-state index contributed by atoms with van der Waals surface area (Å²) in [7, 11) is 0. The first-order valence-electron chi connectivity index (χ1n) is 7.99. The SMILES string of the molecule is CC(Oc1ccc([N+](=O)[O-])cc1)C(=O)NNC(=O)CCc1ccccc1. The van der Waals surface area contributed by atoms with Crippen molar-refractivity contribution in [2.75, 3.05) is 0 Å². The molecule has 2 amide bonds. The van der Waals surface area contributed by atoms with Gasteiger partial charge in [-0.2, -0.15) is 0 Å². The van der Waals surface area contributed by atoms with E-state index in [1.807, 2.05) is 30.3 Å². The molecule has 8 nitrogen and oxygen atoms in total. The van der Waals surface area contributed by atoms with E-state index in [1.54, 1.807) is 0 Å². The predicted octanol–water partition coefficient (Wildman–Crippen LogP) is 2.14. The first kappa shape index (κ1) is 18.9. The largest absolute Gasteiger partial charge is 0.481 e. The second-order valence-electron chi connectivity index (χ2n) is 5.53. The lowest BCUT2D eigenvalue weighted by Gasteiger charge is -2.15. The smallest absolute Gasteiger partial charge is 0.279 e. The lowest BCUT2D eigenvalue weighted by molar-refractivity contribution is -0.384. The molecule has 0 spiro atoms. The lowest BCUT2D eigenvalue weighted by Crippen LogP contribution is -2.47. The monoisotopic (exact) mass is 357 g/mol. The van der Waals surface area contributed by atoms with Crippen LogP contribution in [-0.4, -0.2) is 22.8 Å². The number of hydrogen-bond acceptors (Lipinski definition) is 5. The Morgan fingerprint density at radius 2 is 1.73 bits per heavy atom. The van der Waals surface area contributed by atoms with Gasteiger partial charge in [0.25, 0.3) is 11.6 Å². The highest BCUT2D eigenvalue weighted by Gasteiger charge is 2.16. The molecule has 136 valence electrons. The van der Waals surface area contributed by atoms with Gasteiger partial charge in [0.15, 0.2) is 6.10 Å². The highest BCUT2D eigenvalue weighted by molar-refractivity contribution is 5.84. The molecule has 26 heavy (non-hydrogen) atoms. The van der Waals surface area contributed by atoms with Crippen LogP contribution in [0.5, 0.6) is 5.75 Å². The fourth-order valence-electron chi connectivity index (χ4n) is 2.10. The highest BCUT2D eigenvalue weighted by atomic mass is 16.6. The van der Waals surface area contributed by atoms with Crippen molar-refractivity contribution in [3.63, 3.8) is 0 Å². The van der Waals surface area contributed by atoms with Crippen LogP contribution in [0.15, 0.2) is 54.6 Å². The topological polar surface area (TPSA) is 111 Å². The summed E-state index contributed by atoms with van der Waals surface area (Å²) in [5.41, 5.74) is 5.59. The van der Waals surface area contributed by atoms with Gasteiger partial charge in [-0.1, -0.05) is 30.3 Å². The van der Waals surface area contributed by atoms with Crippen LogP contribution in [0.2, 0.25) is 0 Å². The molecule has 0 radical (unpaired) electrons. The Morgan fingerprint density at radius 1 is 1.08 bits per heavy atom. The Balaban J connectivity index is 1.74. The number of nitrogens with one attached hydrogen (secondary N) is 2.